The summed E-state index contributed by atoms with van der Waals surface area (Å²) in [5, 5.41) is 5.93. The molecule has 2 N–H and O–H groups in total. The van der Waals surface area contributed by atoms with Gasteiger partial charge in [-0.2, -0.15) is 0 Å². The zero-order chi connectivity index (χ0) is 21.5. The Balaban J connectivity index is 1.44. The highest BCUT2D eigenvalue weighted by atomic mass is 16.2. The van der Waals surface area contributed by atoms with Crippen LogP contribution in [0.2, 0.25) is 0 Å². The first-order chi connectivity index (χ1) is 15.0. The summed E-state index contributed by atoms with van der Waals surface area (Å²) in [6.07, 6.45) is 0.640. The molecule has 0 radical (unpaired) electrons. The van der Waals surface area contributed by atoms with Crippen molar-refractivity contribution in [2.24, 2.45) is 0 Å². The summed E-state index contributed by atoms with van der Waals surface area (Å²) in [6.45, 7) is 4.99. The Kier molecular flexibility index (Phi) is 4.98. The Bertz CT molecular complexity index is 1070. The molecule has 2 aromatic carbocycles. The molecule has 0 aromatic heterocycles. The summed E-state index contributed by atoms with van der Waals surface area (Å²) in [4.78, 5) is 41.0. The van der Waals surface area contributed by atoms with E-state index in [2.05, 4.69) is 52.8 Å². The van der Waals surface area contributed by atoms with Crippen molar-refractivity contribution in [1.29, 1.82) is 0 Å². The molecule has 2 atom stereocenters. The normalized spacial score (nSPS) is 23.3. The number of amides is 3. The number of nitrogens with one attached hydrogen (secondary N) is 2. The Labute approximate surface area is 181 Å². The molecule has 3 aliphatic heterocycles. The van der Waals surface area contributed by atoms with Crippen LogP contribution in [0.1, 0.15) is 46.8 Å². The minimum Gasteiger partial charge on any atom is -0.365 e. The minimum absolute atomic E-state index is 0.127. The van der Waals surface area contributed by atoms with Gasteiger partial charge in [-0.15, -0.1) is 0 Å². The third-order valence-corrected chi connectivity index (χ3v) is 6.51. The molecule has 0 bridgehead atoms. The molecular weight excluding hydrogens is 392 g/mol. The summed E-state index contributed by atoms with van der Waals surface area (Å²) >= 11 is 0. The average Bonchev–Trinajstić information content (AvgIpc) is 3.00. The zero-order valence-electron chi connectivity index (χ0n) is 17.6. The molecule has 0 aliphatic carbocycles. The number of hydrogen-bond donors (Lipinski definition) is 2. The van der Waals surface area contributed by atoms with Crippen molar-refractivity contribution >= 4 is 23.4 Å². The molecule has 2 aromatic rings. The van der Waals surface area contributed by atoms with Crippen LogP contribution < -0.4 is 15.5 Å². The lowest BCUT2D eigenvalue weighted by Crippen LogP contribution is -2.52. The first kappa shape index (κ1) is 19.8. The lowest BCUT2D eigenvalue weighted by atomic mass is 10.0. The summed E-state index contributed by atoms with van der Waals surface area (Å²) in [6, 6.07) is 14.0. The van der Waals surface area contributed by atoms with E-state index in [1.54, 1.807) is 4.90 Å². The van der Waals surface area contributed by atoms with Gasteiger partial charge in [0, 0.05) is 49.9 Å². The van der Waals surface area contributed by atoms with E-state index in [9.17, 15) is 14.4 Å². The maximum atomic E-state index is 13.1. The number of para-hydroxylation sites is 1. The van der Waals surface area contributed by atoms with Crippen molar-refractivity contribution in [3.05, 3.63) is 64.7 Å². The molecule has 1 fully saturated rings. The minimum atomic E-state index is -0.589. The number of anilines is 1. The molecular formula is C24H26N4O3. The second-order valence-electron chi connectivity index (χ2n) is 8.63. The fourth-order valence-electron chi connectivity index (χ4n) is 4.90. The SMILES string of the molecule is CC1CN(Cc2cccc3c2CN(C2CCC(=O)NC2=O)C3=O)c2ccccc2CN1. The fourth-order valence-corrected chi connectivity index (χ4v) is 4.90. The van der Waals surface area contributed by atoms with Crippen LogP contribution in [-0.2, 0) is 29.2 Å². The number of benzene rings is 2. The van der Waals surface area contributed by atoms with Gasteiger partial charge in [0.15, 0.2) is 0 Å². The van der Waals surface area contributed by atoms with Gasteiger partial charge in [-0.1, -0.05) is 30.3 Å². The quantitative estimate of drug-likeness (QED) is 0.745. The molecule has 7 nitrogen and oxygen atoms in total. The van der Waals surface area contributed by atoms with Crippen molar-refractivity contribution < 1.29 is 14.4 Å². The van der Waals surface area contributed by atoms with Gasteiger partial charge in [-0.25, -0.2) is 0 Å². The first-order valence-corrected chi connectivity index (χ1v) is 10.8. The molecule has 2 unspecified atom stereocenters. The summed E-state index contributed by atoms with van der Waals surface area (Å²) in [5.74, 6) is -0.772. The Hall–Kier alpha value is -3.19. The van der Waals surface area contributed by atoms with E-state index in [1.807, 2.05) is 12.1 Å². The number of carbonyl (C=O) groups is 3. The molecule has 0 saturated carbocycles. The largest absolute Gasteiger partial charge is 0.365 e. The van der Waals surface area contributed by atoms with Crippen LogP contribution in [0.3, 0.4) is 0 Å². The van der Waals surface area contributed by atoms with Crippen molar-refractivity contribution in [2.45, 2.75) is 51.5 Å². The van der Waals surface area contributed by atoms with Gasteiger partial charge in [-0.3, -0.25) is 19.7 Å². The molecule has 5 rings (SSSR count). The molecule has 160 valence electrons. The van der Waals surface area contributed by atoms with Crippen molar-refractivity contribution in [3.8, 4) is 0 Å². The fraction of sp³-hybridized carbons (Fsp3) is 0.375. The third-order valence-electron chi connectivity index (χ3n) is 6.51. The van der Waals surface area contributed by atoms with E-state index < -0.39 is 6.04 Å². The number of fused-ring (bicyclic) bond motifs is 2. The predicted octanol–water partition coefficient (Wildman–Crippen LogP) is 1.95. The van der Waals surface area contributed by atoms with Crippen molar-refractivity contribution in [3.63, 3.8) is 0 Å². The number of piperidine rings is 1. The monoisotopic (exact) mass is 418 g/mol. The van der Waals surface area contributed by atoms with Crippen LogP contribution in [0.25, 0.3) is 0 Å². The summed E-state index contributed by atoms with van der Waals surface area (Å²) in [5.41, 5.74) is 5.23. The van der Waals surface area contributed by atoms with Gasteiger partial charge in [0.05, 0.1) is 0 Å². The maximum absolute atomic E-state index is 13.1. The molecule has 1 saturated heterocycles. The van der Waals surface area contributed by atoms with E-state index >= 15 is 0 Å². The lowest BCUT2D eigenvalue weighted by Gasteiger charge is -2.29. The van der Waals surface area contributed by atoms with Crippen molar-refractivity contribution in [1.82, 2.24) is 15.5 Å². The highest BCUT2D eigenvalue weighted by Gasteiger charge is 2.39. The van der Waals surface area contributed by atoms with Gasteiger partial charge in [0.2, 0.25) is 11.8 Å². The first-order valence-electron chi connectivity index (χ1n) is 10.8. The van der Waals surface area contributed by atoms with E-state index in [1.165, 1.54) is 11.3 Å². The van der Waals surface area contributed by atoms with Gasteiger partial charge < -0.3 is 15.1 Å². The number of hydrogen-bond acceptors (Lipinski definition) is 5. The Morgan fingerprint density at radius 3 is 2.74 bits per heavy atom. The molecule has 3 amide bonds. The summed E-state index contributed by atoms with van der Waals surface area (Å²) < 4.78 is 0. The van der Waals surface area contributed by atoms with Crippen LogP contribution in [0, 0.1) is 0 Å². The zero-order valence-corrected chi connectivity index (χ0v) is 17.6. The van der Waals surface area contributed by atoms with Gasteiger partial charge in [0.1, 0.15) is 6.04 Å². The molecule has 7 heteroatoms. The number of nitrogens with zero attached hydrogens (tertiary/aromatic N) is 2. The molecule has 31 heavy (non-hydrogen) atoms. The van der Waals surface area contributed by atoms with Gasteiger partial charge in [0.25, 0.3) is 5.91 Å². The highest BCUT2D eigenvalue weighted by molar-refractivity contribution is 6.05. The van der Waals surface area contributed by atoms with Crippen LogP contribution in [0.5, 0.6) is 0 Å². The number of carbonyl (C=O) groups excluding carboxylic acids is 3. The maximum Gasteiger partial charge on any atom is 0.255 e. The van der Waals surface area contributed by atoms with E-state index in [0.29, 0.717) is 31.1 Å². The standard InChI is InChI=1S/C24H26N4O3/c1-15-12-27(20-8-3-2-5-16(20)11-25-15)13-17-6-4-7-18-19(17)14-28(24(18)31)21-9-10-22(29)26-23(21)30/h2-8,15,21,25H,9-14H2,1H3,(H,26,29,30). The highest BCUT2D eigenvalue weighted by Crippen LogP contribution is 2.32. The topological polar surface area (TPSA) is 81.8 Å². The van der Waals surface area contributed by atoms with Crippen LogP contribution in [0.15, 0.2) is 42.5 Å². The lowest BCUT2D eigenvalue weighted by molar-refractivity contribution is -0.136. The molecule has 3 heterocycles. The van der Waals surface area contributed by atoms with E-state index in [0.717, 1.165) is 24.2 Å². The molecule has 3 aliphatic rings. The van der Waals surface area contributed by atoms with Gasteiger partial charge in [-0.05, 0) is 42.2 Å². The number of imide groups is 1. The second-order valence-corrected chi connectivity index (χ2v) is 8.63. The van der Waals surface area contributed by atoms with E-state index in [-0.39, 0.29) is 24.1 Å². The third kappa shape index (κ3) is 3.59. The number of rotatable bonds is 3. The smallest absolute Gasteiger partial charge is 0.255 e. The van der Waals surface area contributed by atoms with Crippen molar-refractivity contribution in [2.75, 3.05) is 11.4 Å². The van der Waals surface area contributed by atoms with Crippen LogP contribution in [-0.4, -0.2) is 41.2 Å². The van der Waals surface area contributed by atoms with E-state index in [4.69, 9.17) is 0 Å². The second kappa shape index (κ2) is 7.81. The van der Waals surface area contributed by atoms with Crippen LogP contribution >= 0.6 is 0 Å². The predicted molar refractivity (Wildman–Crippen MR) is 116 cm³/mol. The Morgan fingerprint density at radius 2 is 1.90 bits per heavy atom. The van der Waals surface area contributed by atoms with Gasteiger partial charge >= 0.3 is 0 Å². The molecule has 0 spiro atoms. The Morgan fingerprint density at radius 1 is 1.06 bits per heavy atom. The average molecular weight is 418 g/mol. The van der Waals surface area contributed by atoms with Crippen LogP contribution in [0.4, 0.5) is 5.69 Å². The summed E-state index contributed by atoms with van der Waals surface area (Å²) in [7, 11) is 0.